The highest BCUT2D eigenvalue weighted by Crippen LogP contribution is 2.34. The standard InChI is InChI=1S/C19H14Br2Cl2N2O2/c1-2-27-19(26)17-14(10-20)18(11-3-6-13(22)7-4-11)25(24-17)16-8-5-12(21)9-15(16)23/h3-9H,2,10H2,1H3. The Morgan fingerprint density at radius 3 is 2.48 bits per heavy atom. The van der Waals surface area contributed by atoms with E-state index in [4.69, 9.17) is 27.9 Å². The van der Waals surface area contributed by atoms with Gasteiger partial charge in [-0.3, -0.25) is 0 Å². The predicted molar refractivity (Wildman–Crippen MR) is 115 cm³/mol. The van der Waals surface area contributed by atoms with Crippen molar-refractivity contribution in [1.29, 1.82) is 0 Å². The Kier molecular flexibility index (Phi) is 6.63. The predicted octanol–water partition coefficient (Wildman–Crippen LogP) is 6.68. The van der Waals surface area contributed by atoms with Crippen molar-refractivity contribution in [2.45, 2.75) is 12.3 Å². The van der Waals surface area contributed by atoms with Crippen molar-refractivity contribution in [3.8, 4) is 16.9 Å². The van der Waals surface area contributed by atoms with E-state index in [0.29, 0.717) is 21.1 Å². The maximum Gasteiger partial charge on any atom is 0.359 e. The molecule has 0 saturated carbocycles. The second kappa shape index (κ2) is 8.78. The van der Waals surface area contributed by atoms with Crippen molar-refractivity contribution in [3.63, 3.8) is 0 Å². The molecular weight excluding hydrogens is 519 g/mol. The van der Waals surface area contributed by atoms with Gasteiger partial charge < -0.3 is 4.74 Å². The number of hydrogen-bond donors (Lipinski definition) is 0. The fraction of sp³-hybridized carbons (Fsp3) is 0.158. The molecule has 3 aromatic rings. The molecule has 0 amide bonds. The number of aromatic nitrogens is 2. The normalized spacial score (nSPS) is 10.9. The number of ether oxygens (including phenoxy) is 1. The van der Waals surface area contributed by atoms with Crippen LogP contribution in [0.15, 0.2) is 46.9 Å². The minimum Gasteiger partial charge on any atom is -0.461 e. The second-order valence-electron chi connectivity index (χ2n) is 5.54. The number of carbonyl (C=O) groups excluding carboxylic acids is 1. The third kappa shape index (κ3) is 4.24. The zero-order valence-electron chi connectivity index (χ0n) is 14.2. The number of alkyl halides is 1. The Balaban J connectivity index is 2.30. The summed E-state index contributed by atoms with van der Waals surface area (Å²) in [4.78, 5) is 12.5. The quantitative estimate of drug-likeness (QED) is 0.272. The van der Waals surface area contributed by atoms with Crippen molar-refractivity contribution in [2.75, 3.05) is 6.61 Å². The summed E-state index contributed by atoms with van der Waals surface area (Å²) in [5, 5.41) is 6.08. The van der Waals surface area contributed by atoms with Crippen LogP contribution in [0.5, 0.6) is 0 Å². The molecular formula is C19H14Br2Cl2N2O2. The molecule has 0 fully saturated rings. The highest BCUT2D eigenvalue weighted by atomic mass is 79.9. The zero-order chi connectivity index (χ0) is 19.6. The third-order valence-corrected chi connectivity index (χ3v) is 5.45. The minimum atomic E-state index is -0.478. The van der Waals surface area contributed by atoms with Gasteiger partial charge in [0.2, 0.25) is 0 Å². The smallest absolute Gasteiger partial charge is 0.359 e. The average molecular weight is 533 g/mol. The molecule has 0 N–H and O–H groups in total. The first kappa shape index (κ1) is 20.4. The van der Waals surface area contributed by atoms with E-state index in [-0.39, 0.29) is 12.3 Å². The van der Waals surface area contributed by atoms with E-state index in [0.717, 1.165) is 21.3 Å². The maximum absolute atomic E-state index is 12.5. The lowest BCUT2D eigenvalue weighted by molar-refractivity contribution is 0.0518. The molecule has 0 unspecified atom stereocenters. The molecule has 140 valence electrons. The summed E-state index contributed by atoms with van der Waals surface area (Å²) in [6.07, 6.45) is 0. The van der Waals surface area contributed by atoms with Gasteiger partial charge in [-0.2, -0.15) is 5.10 Å². The first-order valence-corrected chi connectivity index (χ1v) is 10.7. The van der Waals surface area contributed by atoms with Gasteiger partial charge in [-0.15, -0.1) is 0 Å². The number of rotatable bonds is 5. The van der Waals surface area contributed by atoms with Gasteiger partial charge in [0.25, 0.3) is 0 Å². The molecule has 1 aromatic heterocycles. The molecule has 0 aliphatic rings. The van der Waals surface area contributed by atoms with E-state index >= 15 is 0 Å². The molecule has 0 spiro atoms. The summed E-state index contributed by atoms with van der Waals surface area (Å²) in [6.45, 7) is 2.02. The fourth-order valence-electron chi connectivity index (χ4n) is 2.67. The number of nitrogens with zero attached hydrogens (tertiary/aromatic N) is 2. The van der Waals surface area contributed by atoms with Crippen LogP contribution in [0.1, 0.15) is 23.0 Å². The van der Waals surface area contributed by atoms with Crippen LogP contribution in [-0.4, -0.2) is 22.4 Å². The summed E-state index contributed by atoms with van der Waals surface area (Å²) in [6, 6.07) is 12.8. The SMILES string of the molecule is CCOC(=O)c1nn(-c2ccc(Br)cc2Cl)c(-c2ccc(Cl)cc2)c1CBr. The van der Waals surface area contributed by atoms with Crippen LogP contribution in [0.4, 0.5) is 0 Å². The largest absolute Gasteiger partial charge is 0.461 e. The Bertz CT molecular complexity index is 988. The van der Waals surface area contributed by atoms with E-state index in [1.165, 1.54) is 0 Å². The van der Waals surface area contributed by atoms with Crippen LogP contribution in [-0.2, 0) is 10.1 Å². The van der Waals surface area contributed by atoms with Gasteiger partial charge in [-0.25, -0.2) is 9.48 Å². The lowest BCUT2D eigenvalue weighted by Gasteiger charge is -2.11. The molecule has 3 rings (SSSR count). The number of hydrogen-bond acceptors (Lipinski definition) is 3. The lowest BCUT2D eigenvalue weighted by atomic mass is 10.1. The summed E-state index contributed by atoms with van der Waals surface area (Å²) in [5.74, 6) is -0.478. The fourth-order valence-corrected chi connectivity index (χ4v) is 4.08. The summed E-state index contributed by atoms with van der Waals surface area (Å²) in [5.41, 5.74) is 3.22. The van der Waals surface area contributed by atoms with Gasteiger partial charge in [0, 0.05) is 26.0 Å². The third-order valence-electron chi connectivity index (χ3n) is 3.84. The van der Waals surface area contributed by atoms with Crippen LogP contribution in [0.25, 0.3) is 16.9 Å². The minimum absolute atomic E-state index is 0.248. The average Bonchev–Trinajstić information content (AvgIpc) is 3.02. The first-order chi connectivity index (χ1) is 13.0. The molecule has 0 aliphatic heterocycles. The maximum atomic E-state index is 12.5. The summed E-state index contributed by atoms with van der Waals surface area (Å²) in [7, 11) is 0. The van der Waals surface area contributed by atoms with Crippen LogP contribution < -0.4 is 0 Å². The Labute approximate surface area is 183 Å². The summed E-state index contributed by atoms with van der Waals surface area (Å²) >= 11 is 19.4. The molecule has 0 aliphatic carbocycles. The molecule has 27 heavy (non-hydrogen) atoms. The zero-order valence-corrected chi connectivity index (χ0v) is 18.9. The van der Waals surface area contributed by atoms with Gasteiger partial charge in [-0.1, -0.05) is 67.2 Å². The van der Waals surface area contributed by atoms with E-state index in [1.54, 1.807) is 29.8 Å². The van der Waals surface area contributed by atoms with Crippen LogP contribution in [0, 0.1) is 0 Å². The van der Waals surface area contributed by atoms with Crippen molar-refractivity contribution < 1.29 is 9.53 Å². The Hall–Kier alpha value is -1.34. The Morgan fingerprint density at radius 1 is 1.19 bits per heavy atom. The highest BCUT2D eigenvalue weighted by Gasteiger charge is 2.25. The van der Waals surface area contributed by atoms with Crippen LogP contribution in [0.2, 0.25) is 10.0 Å². The molecule has 2 aromatic carbocycles. The lowest BCUT2D eigenvalue weighted by Crippen LogP contribution is -2.08. The molecule has 0 radical (unpaired) electrons. The molecule has 8 heteroatoms. The summed E-state index contributed by atoms with van der Waals surface area (Å²) < 4.78 is 7.70. The second-order valence-corrected chi connectivity index (χ2v) is 7.86. The molecule has 1 heterocycles. The highest BCUT2D eigenvalue weighted by molar-refractivity contribution is 9.10. The van der Waals surface area contributed by atoms with Gasteiger partial charge >= 0.3 is 5.97 Å². The molecule has 0 atom stereocenters. The van der Waals surface area contributed by atoms with Gasteiger partial charge in [0.15, 0.2) is 5.69 Å². The number of halogens is 4. The van der Waals surface area contributed by atoms with E-state index in [1.807, 2.05) is 24.3 Å². The van der Waals surface area contributed by atoms with Crippen molar-refractivity contribution in [2.24, 2.45) is 0 Å². The van der Waals surface area contributed by atoms with E-state index in [9.17, 15) is 4.79 Å². The molecule has 0 bridgehead atoms. The molecule has 4 nitrogen and oxygen atoms in total. The molecule has 0 saturated heterocycles. The Morgan fingerprint density at radius 2 is 1.89 bits per heavy atom. The number of carbonyl (C=O) groups is 1. The monoisotopic (exact) mass is 530 g/mol. The number of esters is 1. The van der Waals surface area contributed by atoms with Crippen LogP contribution in [0.3, 0.4) is 0 Å². The first-order valence-electron chi connectivity index (χ1n) is 8.02. The topological polar surface area (TPSA) is 44.1 Å². The van der Waals surface area contributed by atoms with Gasteiger partial charge in [0.05, 0.1) is 23.0 Å². The van der Waals surface area contributed by atoms with E-state index < -0.39 is 5.97 Å². The van der Waals surface area contributed by atoms with Gasteiger partial charge in [-0.05, 0) is 37.3 Å². The van der Waals surface area contributed by atoms with E-state index in [2.05, 4.69) is 37.0 Å². The van der Waals surface area contributed by atoms with Crippen molar-refractivity contribution >= 4 is 61.0 Å². The van der Waals surface area contributed by atoms with Crippen molar-refractivity contribution in [1.82, 2.24) is 9.78 Å². The van der Waals surface area contributed by atoms with Gasteiger partial charge in [0.1, 0.15) is 0 Å². The van der Waals surface area contributed by atoms with Crippen LogP contribution >= 0.6 is 55.1 Å². The number of benzene rings is 2. The van der Waals surface area contributed by atoms with Crippen molar-refractivity contribution in [3.05, 3.63) is 68.2 Å².